The van der Waals surface area contributed by atoms with Gasteiger partial charge in [-0.05, 0) is 35.4 Å². The van der Waals surface area contributed by atoms with E-state index in [-0.39, 0.29) is 26.1 Å². The van der Waals surface area contributed by atoms with E-state index < -0.39 is 23.5 Å². The fourth-order valence-electron chi connectivity index (χ4n) is 2.44. The van der Waals surface area contributed by atoms with Crippen LogP contribution in [0.1, 0.15) is 18.9 Å². The summed E-state index contributed by atoms with van der Waals surface area (Å²) >= 11 is 0. The van der Waals surface area contributed by atoms with Gasteiger partial charge in [0.2, 0.25) is 6.29 Å². The average molecular weight is 407 g/mol. The smallest absolute Gasteiger partial charge is 0.497 e. The third-order valence-electron chi connectivity index (χ3n) is 3.73. The van der Waals surface area contributed by atoms with E-state index in [4.69, 9.17) is 14.2 Å². The largest absolute Gasteiger partial charge is 0.510 e. The van der Waals surface area contributed by atoms with Crippen LogP contribution in [0.3, 0.4) is 0 Å². The van der Waals surface area contributed by atoms with Gasteiger partial charge in [0.05, 0.1) is 26.7 Å². The average Bonchev–Trinajstić information content (AvgIpc) is 2.66. The van der Waals surface area contributed by atoms with E-state index in [1.807, 2.05) is 36.4 Å². The molecule has 0 aliphatic rings. The maximum Gasteiger partial charge on any atom is 0.510 e. The number of esters is 1. The number of hydrogen-bond acceptors (Lipinski definition) is 9. The second kappa shape index (κ2) is 10.7. The Labute approximate surface area is 166 Å². The Kier molecular flexibility index (Phi) is 8.01. The molecule has 0 aliphatic heterocycles. The van der Waals surface area contributed by atoms with E-state index in [9.17, 15) is 19.7 Å². The summed E-state index contributed by atoms with van der Waals surface area (Å²) in [5.74, 6) is 0.351. The van der Waals surface area contributed by atoms with E-state index in [2.05, 4.69) is 9.57 Å². The Balaban J connectivity index is 1.67. The highest BCUT2D eigenvalue weighted by Crippen LogP contribution is 2.22. The number of carbonyl (C=O) groups excluding carboxylic acids is 2. The van der Waals surface area contributed by atoms with Gasteiger partial charge in [0.1, 0.15) is 5.75 Å². The van der Waals surface area contributed by atoms with Crippen molar-refractivity contribution in [2.75, 3.05) is 20.3 Å². The lowest BCUT2D eigenvalue weighted by molar-refractivity contribution is -0.777. The molecular weight excluding hydrogens is 386 g/mol. The van der Waals surface area contributed by atoms with Gasteiger partial charge in [-0.1, -0.05) is 24.3 Å². The molecular formula is C19H21NO9. The molecule has 0 bridgehead atoms. The maximum atomic E-state index is 11.9. The predicted molar refractivity (Wildman–Crippen MR) is 99.8 cm³/mol. The number of carbonyl (C=O) groups is 2. The number of ether oxygens (including phenoxy) is 4. The minimum Gasteiger partial charge on any atom is -0.497 e. The molecule has 29 heavy (non-hydrogen) atoms. The fraction of sp³-hybridized carbons (Fsp3) is 0.368. The van der Waals surface area contributed by atoms with Crippen molar-refractivity contribution in [3.05, 3.63) is 52.1 Å². The van der Waals surface area contributed by atoms with Crippen molar-refractivity contribution >= 4 is 22.9 Å². The van der Waals surface area contributed by atoms with E-state index >= 15 is 0 Å². The molecule has 0 spiro atoms. The van der Waals surface area contributed by atoms with Crippen LogP contribution in [-0.2, 0) is 30.3 Å². The summed E-state index contributed by atoms with van der Waals surface area (Å²) in [7, 11) is 1.60. The van der Waals surface area contributed by atoms with Gasteiger partial charge < -0.3 is 18.9 Å². The fourth-order valence-corrected chi connectivity index (χ4v) is 2.44. The molecule has 1 atom stereocenters. The van der Waals surface area contributed by atoms with Crippen molar-refractivity contribution < 1.29 is 38.5 Å². The molecule has 0 aliphatic carbocycles. The highest BCUT2D eigenvalue weighted by molar-refractivity contribution is 5.85. The monoisotopic (exact) mass is 407 g/mol. The molecule has 10 heteroatoms. The summed E-state index contributed by atoms with van der Waals surface area (Å²) in [6.07, 6.45) is -2.12. The number of nitrogens with zero attached hydrogens (tertiary/aromatic N) is 1. The van der Waals surface area contributed by atoms with E-state index in [0.29, 0.717) is 0 Å². The highest BCUT2D eigenvalue weighted by Gasteiger charge is 2.14. The second-order valence-corrected chi connectivity index (χ2v) is 5.91. The third-order valence-corrected chi connectivity index (χ3v) is 3.73. The van der Waals surface area contributed by atoms with Gasteiger partial charge >= 0.3 is 12.1 Å². The van der Waals surface area contributed by atoms with Crippen LogP contribution in [-0.4, -0.2) is 43.8 Å². The van der Waals surface area contributed by atoms with E-state index in [1.54, 1.807) is 7.11 Å². The van der Waals surface area contributed by atoms with Crippen LogP contribution in [0.5, 0.6) is 5.75 Å². The van der Waals surface area contributed by atoms with Gasteiger partial charge in [-0.25, -0.2) is 4.79 Å². The van der Waals surface area contributed by atoms with Crippen molar-refractivity contribution in [3.63, 3.8) is 0 Å². The van der Waals surface area contributed by atoms with Crippen molar-refractivity contribution in [1.29, 1.82) is 0 Å². The number of fused-ring (bicyclic) bond motifs is 1. The molecule has 0 aromatic heterocycles. The molecule has 10 nitrogen and oxygen atoms in total. The van der Waals surface area contributed by atoms with Crippen LogP contribution < -0.4 is 4.74 Å². The molecule has 1 unspecified atom stereocenters. The lowest BCUT2D eigenvalue weighted by Crippen LogP contribution is -2.22. The molecule has 2 rings (SSSR count). The zero-order valence-electron chi connectivity index (χ0n) is 16.0. The summed E-state index contributed by atoms with van der Waals surface area (Å²) in [4.78, 5) is 37.3. The van der Waals surface area contributed by atoms with Gasteiger partial charge in [-0.2, -0.15) is 0 Å². The molecule has 0 saturated carbocycles. The van der Waals surface area contributed by atoms with Crippen LogP contribution in [0.15, 0.2) is 36.4 Å². The molecule has 2 aromatic rings. The Morgan fingerprint density at radius 1 is 1.07 bits per heavy atom. The summed E-state index contributed by atoms with van der Waals surface area (Å²) in [5, 5.41) is 11.0. The molecule has 0 saturated heterocycles. The lowest BCUT2D eigenvalue weighted by Gasteiger charge is -2.11. The van der Waals surface area contributed by atoms with Crippen molar-refractivity contribution in [2.24, 2.45) is 0 Å². The topological polar surface area (TPSA) is 123 Å². The quantitative estimate of drug-likeness (QED) is 0.192. The maximum absolute atomic E-state index is 11.9. The zero-order valence-corrected chi connectivity index (χ0v) is 16.0. The van der Waals surface area contributed by atoms with Gasteiger partial charge in [-0.15, -0.1) is 10.1 Å². The minimum absolute atomic E-state index is 0.0534. The molecule has 0 N–H and O–H groups in total. The molecule has 0 fully saturated rings. The molecule has 0 heterocycles. The number of methoxy groups -OCH3 is 1. The summed E-state index contributed by atoms with van der Waals surface area (Å²) in [6, 6.07) is 11.3. The van der Waals surface area contributed by atoms with E-state index in [0.717, 1.165) is 22.1 Å². The molecule has 156 valence electrons. The normalized spacial score (nSPS) is 11.4. The van der Waals surface area contributed by atoms with Crippen molar-refractivity contribution in [1.82, 2.24) is 0 Å². The second-order valence-electron chi connectivity index (χ2n) is 5.91. The Hall–Kier alpha value is -3.56. The van der Waals surface area contributed by atoms with Crippen LogP contribution in [0.2, 0.25) is 0 Å². The SMILES string of the molecule is COc1ccc2cc(CC(=O)OCCCOC(=O)OC(C)O[N+](=O)[O-])ccc2c1. The van der Waals surface area contributed by atoms with Gasteiger partial charge in [-0.3, -0.25) is 9.63 Å². The first kappa shape index (κ1) is 21.7. The Morgan fingerprint density at radius 3 is 2.48 bits per heavy atom. The van der Waals surface area contributed by atoms with Gasteiger partial charge in [0.25, 0.3) is 5.09 Å². The molecule has 0 radical (unpaired) electrons. The standard InChI is InChI=1S/C19H21NO9/c1-13(29-20(23)24)28-19(22)27-9-3-8-26-18(21)11-14-4-5-16-12-17(25-2)7-6-15(16)10-14/h4-7,10,12-13H,3,8-9,11H2,1-2H3. The summed E-state index contributed by atoms with van der Waals surface area (Å²) in [6.45, 7) is 1.15. The summed E-state index contributed by atoms with van der Waals surface area (Å²) in [5.41, 5.74) is 0.812. The van der Waals surface area contributed by atoms with E-state index in [1.165, 1.54) is 6.92 Å². The first-order chi connectivity index (χ1) is 13.9. The highest BCUT2D eigenvalue weighted by atomic mass is 17.0. The predicted octanol–water partition coefficient (Wildman–Crippen LogP) is 3.03. The molecule has 2 aromatic carbocycles. The van der Waals surface area contributed by atoms with Crippen molar-refractivity contribution in [2.45, 2.75) is 26.1 Å². The zero-order chi connectivity index (χ0) is 21.2. The Bertz CT molecular complexity index is 868. The van der Waals surface area contributed by atoms with Crippen LogP contribution in [0, 0.1) is 10.1 Å². The van der Waals surface area contributed by atoms with Gasteiger partial charge in [0, 0.05) is 6.42 Å². The first-order valence-corrected chi connectivity index (χ1v) is 8.74. The number of benzene rings is 2. The minimum atomic E-state index is -1.38. The number of rotatable bonds is 10. The molecule has 0 amide bonds. The summed E-state index contributed by atoms with van der Waals surface area (Å²) < 4.78 is 19.5. The van der Waals surface area contributed by atoms with Crippen molar-refractivity contribution in [3.8, 4) is 5.75 Å². The number of hydrogen-bond donors (Lipinski definition) is 0. The third kappa shape index (κ3) is 7.53. The van der Waals surface area contributed by atoms with Crippen LogP contribution in [0.4, 0.5) is 4.79 Å². The first-order valence-electron chi connectivity index (χ1n) is 8.74. The van der Waals surface area contributed by atoms with Crippen LogP contribution in [0.25, 0.3) is 10.8 Å². The Morgan fingerprint density at radius 2 is 1.76 bits per heavy atom. The lowest BCUT2D eigenvalue weighted by atomic mass is 10.0. The van der Waals surface area contributed by atoms with Gasteiger partial charge in [0.15, 0.2) is 0 Å². The van der Waals surface area contributed by atoms with Crippen LogP contribution >= 0.6 is 0 Å².